The Labute approximate surface area is 104 Å². The molecule has 8 heteroatoms. The van der Waals surface area contributed by atoms with E-state index in [4.69, 9.17) is 10.9 Å². The van der Waals surface area contributed by atoms with Crippen LogP contribution < -0.4 is 16.7 Å². The fraction of sp³-hybridized carbons (Fsp3) is 0.111. The lowest BCUT2D eigenvalue weighted by molar-refractivity contribution is 0.427. The van der Waals surface area contributed by atoms with Crippen molar-refractivity contribution >= 4 is 23.5 Å². The fourth-order valence-electron chi connectivity index (χ4n) is 0.929. The number of nitrogens with zero attached hydrogens (tertiary/aromatic N) is 1. The summed E-state index contributed by atoms with van der Waals surface area (Å²) in [6, 6.07) is 2.14. The Morgan fingerprint density at radius 3 is 2.29 bits per heavy atom. The van der Waals surface area contributed by atoms with Crippen LogP contribution in [0, 0.1) is 0 Å². The molecule has 7 nitrogen and oxygen atoms in total. The molecule has 0 aliphatic rings. The lowest BCUT2D eigenvalue weighted by Crippen LogP contribution is -2.37. The van der Waals surface area contributed by atoms with Gasteiger partial charge in [0.05, 0.1) is 11.8 Å². The Hall–Kier alpha value is -2.06. The number of benzene rings is 1. The number of nitrogens with one attached hydrogen (secondary N) is 2. The van der Waals surface area contributed by atoms with Crippen molar-refractivity contribution in [2.75, 3.05) is 0 Å². The third-order valence-corrected chi connectivity index (χ3v) is 1.82. The zero-order chi connectivity index (χ0) is 12.1. The summed E-state index contributed by atoms with van der Waals surface area (Å²) in [5.74, 6) is 4.10. The van der Waals surface area contributed by atoms with Gasteiger partial charge in [0.1, 0.15) is 17.2 Å². The predicted molar refractivity (Wildman–Crippen MR) is 68.8 cm³/mol. The first-order chi connectivity index (χ1) is 7.54. The standard InChI is InChI=1S/C8H10N4O3S.CH4/c9-11-8(16)12-10-3-5-6(14)1-4(13)2-7(5)15;/h1-3,13-15H,9H2,(H2,11,12,16);1H4/b10-3+;. The molecule has 1 aromatic rings. The van der Waals surface area contributed by atoms with E-state index >= 15 is 0 Å². The zero-order valence-corrected chi connectivity index (χ0v) is 8.82. The summed E-state index contributed by atoms with van der Waals surface area (Å²) < 4.78 is 0. The number of hydrazine groups is 1. The van der Waals surface area contributed by atoms with E-state index in [1.807, 2.05) is 0 Å². The molecule has 0 aliphatic heterocycles. The predicted octanol–water partition coefficient (Wildman–Crippen LogP) is 0.111. The van der Waals surface area contributed by atoms with Crippen LogP contribution in [-0.2, 0) is 0 Å². The quantitative estimate of drug-likeness (QED) is 0.192. The van der Waals surface area contributed by atoms with E-state index in [0.29, 0.717) is 0 Å². The molecule has 0 spiro atoms. The van der Waals surface area contributed by atoms with Crippen LogP contribution in [0.25, 0.3) is 0 Å². The Balaban J connectivity index is 0.00000256. The number of hydrogen-bond acceptors (Lipinski definition) is 6. The molecule has 0 saturated carbocycles. The summed E-state index contributed by atoms with van der Waals surface area (Å²) >= 11 is 4.63. The first kappa shape index (κ1) is 14.9. The Morgan fingerprint density at radius 1 is 1.29 bits per heavy atom. The van der Waals surface area contributed by atoms with Gasteiger partial charge in [-0.25, -0.2) is 5.84 Å². The fourth-order valence-corrected chi connectivity index (χ4v) is 0.981. The first-order valence-corrected chi connectivity index (χ1v) is 4.50. The molecule has 17 heavy (non-hydrogen) atoms. The molecule has 7 N–H and O–H groups in total. The lowest BCUT2D eigenvalue weighted by Gasteiger charge is -2.03. The first-order valence-electron chi connectivity index (χ1n) is 4.09. The average molecular weight is 258 g/mol. The maximum absolute atomic E-state index is 9.38. The largest absolute Gasteiger partial charge is 0.508 e. The SMILES string of the molecule is C.NNC(=S)N/N=C/c1c(O)cc(O)cc1O. The highest BCUT2D eigenvalue weighted by Gasteiger charge is 2.06. The van der Waals surface area contributed by atoms with Gasteiger partial charge in [-0.2, -0.15) is 5.10 Å². The topological polar surface area (TPSA) is 123 Å². The summed E-state index contributed by atoms with van der Waals surface area (Å²) in [7, 11) is 0. The minimum absolute atomic E-state index is 0. The number of phenolic OH excluding ortho intramolecular Hbond substituents is 3. The van der Waals surface area contributed by atoms with Gasteiger partial charge in [0, 0.05) is 12.1 Å². The van der Waals surface area contributed by atoms with E-state index in [9.17, 15) is 10.2 Å². The van der Waals surface area contributed by atoms with Crippen LogP contribution in [0.5, 0.6) is 17.2 Å². The third-order valence-electron chi connectivity index (χ3n) is 1.61. The van der Waals surface area contributed by atoms with Gasteiger partial charge < -0.3 is 15.3 Å². The summed E-state index contributed by atoms with van der Waals surface area (Å²) in [6.45, 7) is 0. The maximum atomic E-state index is 9.38. The van der Waals surface area contributed by atoms with Gasteiger partial charge in [0.2, 0.25) is 5.11 Å². The van der Waals surface area contributed by atoms with Crippen molar-refractivity contribution in [3.8, 4) is 17.2 Å². The van der Waals surface area contributed by atoms with Gasteiger partial charge in [-0.15, -0.1) is 0 Å². The van der Waals surface area contributed by atoms with Crippen LogP contribution in [0.15, 0.2) is 17.2 Å². The molecule has 0 saturated heterocycles. The van der Waals surface area contributed by atoms with Crippen molar-refractivity contribution in [1.29, 1.82) is 0 Å². The van der Waals surface area contributed by atoms with Gasteiger partial charge in [0.15, 0.2) is 0 Å². The van der Waals surface area contributed by atoms with E-state index < -0.39 is 0 Å². The number of hydrazone groups is 1. The number of phenols is 3. The molecule has 0 amide bonds. The van der Waals surface area contributed by atoms with Crippen molar-refractivity contribution in [2.45, 2.75) is 7.43 Å². The molecule has 0 bridgehead atoms. The second-order valence-corrected chi connectivity index (χ2v) is 3.15. The van der Waals surface area contributed by atoms with Gasteiger partial charge in [0.25, 0.3) is 0 Å². The highest BCUT2D eigenvalue weighted by molar-refractivity contribution is 7.80. The van der Waals surface area contributed by atoms with Gasteiger partial charge in [-0.3, -0.25) is 10.9 Å². The second-order valence-electron chi connectivity index (χ2n) is 2.74. The van der Waals surface area contributed by atoms with Gasteiger partial charge in [-0.1, -0.05) is 7.43 Å². The second kappa shape index (κ2) is 6.51. The molecule has 0 fully saturated rings. The third kappa shape index (κ3) is 4.13. The van der Waals surface area contributed by atoms with E-state index in [1.165, 1.54) is 0 Å². The summed E-state index contributed by atoms with van der Waals surface area (Å²) in [5, 5.41) is 31.5. The van der Waals surface area contributed by atoms with Crippen LogP contribution in [0.4, 0.5) is 0 Å². The molecule has 0 radical (unpaired) electrons. The van der Waals surface area contributed by atoms with Crippen LogP contribution in [0.1, 0.15) is 13.0 Å². The van der Waals surface area contributed by atoms with Crippen LogP contribution >= 0.6 is 12.2 Å². The lowest BCUT2D eigenvalue weighted by atomic mass is 10.2. The van der Waals surface area contributed by atoms with E-state index in [-0.39, 0.29) is 35.4 Å². The Kier molecular flexibility index (Phi) is 5.72. The normalized spacial score (nSPS) is 9.71. The Bertz CT molecular complexity index is 413. The Morgan fingerprint density at radius 2 is 1.82 bits per heavy atom. The number of hydrogen-bond donors (Lipinski definition) is 6. The average Bonchev–Trinajstić information content (AvgIpc) is 2.21. The van der Waals surface area contributed by atoms with Gasteiger partial charge >= 0.3 is 0 Å². The van der Waals surface area contributed by atoms with Gasteiger partial charge in [-0.05, 0) is 12.2 Å². The van der Waals surface area contributed by atoms with Crippen LogP contribution in [-0.4, -0.2) is 26.6 Å². The van der Waals surface area contributed by atoms with Crippen LogP contribution in [0.2, 0.25) is 0 Å². The number of nitrogens with two attached hydrogens (primary N) is 1. The number of aromatic hydroxyl groups is 3. The molecular formula is C9H14N4O3S. The van der Waals surface area contributed by atoms with Crippen molar-refractivity contribution in [3.05, 3.63) is 17.7 Å². The molecule has 0 atom stereocenters. The van der Waals surface area contributed by atoms with Crippen LogP contribution in [0.3, 0.4) is 0 Å². The monoisotopic (exact) mass is 258 g/mol. The summed E-state index contributed by atoms with van der Waals surface area (Å²) in [5.41, 5.74) is 4.51. The van der Waals surface area contributed by atoms with Crippen molar-refractivity contribution in [3.63, 3.8) is 0 Å². The summed E-state index contributed by atoms with van der Waals surface area (Å²) in [6.07, 6.45) is 1.13. The van der Waals surface area contributed by atoms with E-state index in [0.717, 1.165) is 18.3 Å². The van der Waals surface area contributed by atoms with Crippen molar-refractivity contribution in [1.82, 2.24) is 10.9 Å². The van der Waals surface area contributed by atoms with E-state index in [1.54, 1.807) is 0 Å². The highest BCUT2D eigenvalue weighted by atomic mass is 32.1. The molecular weight excluding hydrogens is 244 g/mol. The molecule has 0 heterocycles. The number of rotatable bonds is 2. The molecule has 94 valence electrons. The minimum atomic E-state index is -0.310. The van der Waals surface area contributed by atoms with Crippen molar-refractivity contribution in [2.24, 2.45) is 10.9 Å². The summed E-state index contributed by atoms with van der Waals surface area (Å²) in [4.78, 5) is 0. The molecule has 0 aromatic heterocycles. The molecule has 1 aromatic carbocycles. The molecule has 1 rings (SSSR count). The highest BCUT2D eigenvalue weighted by Crippen LogP contribution is 2.30. The molecule has 0 unspecified atom stereocenters. The van der Waals surface area contributed by atoms with Crippen molar-refractivity contribution < 1.29 is 15.3 Å². The number of thiocarbonyl (C=S) groups is 1. The van der Waals surface area contributed by atoms with E-state index in [2.05, 4.69) is 28.2 Å². The molecule has 0 aliphatic carbocycles. The zero-order valence-electron chi connectivity index (χ0n) is 8.01. The maximum Gasteiger partial charge on any atom is 0.201 e. The smallest absolute Gasteiger partial charge is 0.201 e. The minimum Gasteiger partial charge on any atom is -0.508 e.